The van der Waals surface area contributed by atoms with Gasteiger partial charge in [-0.05, 0) is 48.7 Å². The summed E-state index contributed by atoms with van der Waals surface area (Å²) in [6, 6.07) is 17.7. The number of methoxy groups -OCH3 is 1. The molecule has 148 valence electrons. The first-order valence-corrected chi connectivity index (χ1v) is 9.34. The van der Waals surface area contributed by atoms with Gasteiger partial charge in [-0.15, -0.1) is 0 Å². The second-order valence-electron chi connectivity index (χ2n) is 6.51. The van der Waals surface area contributed by atoms with E-state index in [1.54, 1.807) is 49.6 Å². The van der Waals surface area contributed by atoms with Crippen LogP contribution in [0.4, 0.5) is 11.4 Å². The number of rotatable bonds is 6. The first-order chi connectivity index (χ1) is 14.0. The zero-order chi connectivity index (χ0) is 20.8. The third kappa shape index (κ3) is 4.79. The van der Waals surface area contributed by atoms with Crippen molar-refractivity contribution in [1.82, 2.24) is 4.98 Å². The molecule has 0 saturated carbocycles. The summed E-state index contributed by atoms with van der Waals surface area (Å²) >= 11 is 0. The van der Waals surface area contributed by atoms with Crippen LogP contribution in [0.15, 0.2) is 60.7 Å². The van der Waals surface area contributed by atoms with E-state index in [1.165, 1.54) is 0 Å². The number of hydrogen-bond acceptors (Lipinski definition) is 4. The van der Waals surface area contributed by atoms with E-state index in [0.717, 1.165) is 23.2 Å². The van der Waals surface area contributed by atoms with Crippen LogP contribution in [-0.2, 0) is 6.42 Å². The number of ether oxygens (including phenoxy) is 1. The Labute approximate surface area is 169 Å². The van der Waals surface area contributed by atoms with Crippen LogP contribution < -0.4 is 15.4 Å². The average Bonchev–Trinajstić information content (AvgIpc) is 2.75. The number of carbonyl (C=O) groups excluding carboxylic acids is 2. The Bertz CT molecular complexity index is 1050. The van der Waals surface area contributed by atoms with Crippen LogP contribution in [0.25, 0.3) is 0 Å². The zero-order valence-electron chi connectivity index (χ0n) is 16.7. The third-order valence-electron chi connectivity index (χ3n) is 4.52. The molecule has 3 rings (SSSR count). The first kappa shape index (κ1) is 20.1. The summed E-state index contributed by atoms with van der Waals surface area (Å²) in [5.74, 6) is -0.128. The third-order valence-corrected chi connectivity index (χ3v) is 4.52. The summed E-state index contributed by atoms with van der Waals surface area (Å²) in [6.45, 7) is 3.98. The van der Waals surface area contributed by atoms with Gasteiger partial charge in [0.15, 0.2) is 0 Å². The molecule has 2 N–H and O–H groups in total. The van der Waals surface area contributed by atoms with Crippen molar-refractivity contribution in [1.29, 1.82) is 0 Å². The van der Waals surface area contributed by atoms with E-state index < -0.39 is 5.91 Å². The smallest absolute Gasteiger partial charge is 0.274 e. The Morgan fingerprint density at radius 2 is 1.59 bits per heavy atom. The molecule has 0 saturated heterocycles. The molecular weight excluding hydrogens is 366 g/mol. The zero-order valence-corrected chi connectivity index (χ0v) is 16.7. The number of nitrogens with zero attached hydrogens (tertiary/aromatic N) is 1. The molecule has 29 heavy (non-hydrogen) atoms. The molecule has 0 aliphatic rings. The Morgan fingerprint density at radius 1 is 0.931 bits per heavy atom. The Morgan fingerprint density at radius 3 is 2.28 bits per heavy atom. The molecule has 1 heterocycles. The lowest BCUT2D eigenvalue weighted by atomic mass is 10.1. The maximum Gasteiger partial charge on any atom is 0.274 e. The van der Waals surface area contributed by atoms with Gasteiger partial charge in [0.25, 0.3) is 11.8 Å². The fraction of sp³-hybridized carbons (Fsp3) is 0.174. The number of aryl methyl sites for hydroxylation is 2. The molecule has 0 atom stereocenters. The van der Waals surface area contributed by atoms with Crippen molar-refractivity contribution >= 4 is 23.2 Å². The minimum absolute atomic E-state index is 0.154. The van der Waals surface area contributed by atoms with Crippen LogP contribution in [-0.4, -0.2) is 23.9 Å². The van der Waals surface area contributed by atoms with E-state index in [-0.39, 0.29) is 17.3 Å². The first-order valence-electron chi connectivity index (χ1n) is 9.34. The largest absolute Gasteiger partial charge is 0.497 e. The highest BCUT2D eigenvalue weighted by molar-refractivity contribution is 6.06. The molecule has 0 bridgehead atoms. The van der Waals surface area contributed by atoms with E-state index in [9.17, 15) is 9.59 Å². The van der Waals surface area contributed by atoms with E-state index in [1.807, 2.05) is 32.0 Å². The van der Waals surface area contributed by atoms with Gasteiger partial charge < -0.3 is 15.4 Å². The number of amides is 2. The van der Waals surface area contributed by atoms with Gasteiger partial charge in [0, 0.05) is 17.4 Å². The van der Waals surface area contributed by atoms with Gasteiger partial charge in [-0.3, -0.25) is 9.59 Å². The number of carbonyl (C=O) groups is 2. The van der Waals surface area contributed by atoms with Crippen molar-refractivity contribution < 1.29 is 14.3 Å². The van der Waals surface area contributed by atoms with Gasteiger partial charge in [0.05, 0.1) is 7.11 Å². The lowest BCUT2D eigenvalue weighted by Gasteiger charge is -2.13. The second kappa shape index (κ2) is 9.01. The molecule has 0 radical (unpaired) electrons. The number of pyridine rings is 1. The molecule has 6 heteroatoms. The summed E-state index contributed by atoms with van der Waals surface area (Å²) in [7, 11) is 1.56. The Kier molecular flexibility index (Phi) is 6.24. The number of hydrogen-bond donors (Lipinski definition) is 2. The maximum absolute atomic E-state index is 12.7. The molecule has 1 aromatic heterocycles. The van der Waals surface area contributed by atoms with E-state index >= 15 is 0 Å². The minimum Gasteiger partial charge on any atom is -0.497 e. The molecule has 0 spiro atoms. The molecule has 0 aliphatic carbocycles. The van der Waals surface area contributed by atoms with E-state index in [0.29, 0.717) is 11.4 Å². The Balaban J connectivity index is 1.78. The van der Waals surface area contributed by atoms with Gasteiger partial charge in [-0.25, -0.2) is 4.98 Å². The number of para-hydroxylation sites is 1. The second-order valence-corrected chi connectivity index (χ2v) is 6.51. The van der Waals surface area contributed by atoms with E-state index in [2.05, 4.69) is 15.6 Å². The molecule has 2 aromatic carbocycles. The topological polar surface area (TPSA) is 80.3 Å². The van der Waals surface area contributed by atoms with Crippen LogP contribution in [0.5, 0.6) is 5.75 Å². The monoisotopic (exact) mass is 389 g/mol. The lowest BCUT2D eigenvalue weighted by Crippen LogP contribution is -2.19. The number of nitrogens with one attached hydrogen (secondary N) is 2. The summed E-state index contributed by atoms with van der Waals surface area (Å²) < 4.78 is 5.16. The number of anilines is 2. The molecule has 6 nitrogen and oxygen atoms in total. The van der Waals surface area contributed by atoms with Crippen molar-refractivity contribution in [3.8, 4) is 5.75 Å². The fourth-order valence-electron chi connectivity index (χ4n) is 2.96. The molecule has 2 amide bonds. The summed E-state index contributed by atoms with van der Waals surface area (Å²) in [6.07, 6.45) is 0.799. The van der Waals surface area contributed by atoms with Crippen molar-refractivity contribution in [3.05, 3.63) is 83.2 Å². The standard InChI is InChI=1S/C23H23N3O3/c1-4-16-9-5-8-15(2)21(16)26-23(28)20-13-7-12-19(25-20)22(27)24-17-10-6-11-18(14-17)29-3/h5-14H,4H2,1-3H3,(H,24,27)(H,26,28). The van der Waals surface area contributed by atoms with Crippen molar-refractivity contribution in [2.24, 2.45) is 0 Å². The van der Waals surface area contributed by atoms with Crippen molar-refractivity contribution in [2.75, 3.05) is 17.7 Å². The van der Waals surface area contributed by atoms with Crippen LogP contribution in [0, 0.1) is 6.92 Å². The summed E-state index contributed by atoms with van der Waals surface area (Å²) in [5, 5.41) is 5.69. The van der Waals surface area contributed by atoms with Crippen molar-refractivity contribution in [3.63, 3.8) is 0 Å². The molecule has 0 unspecified atom stereocenters. The molecule has 0 fully saturated rings. The van der Waals surface area contributed by atoms with Gasteiger partial charge >= 0.3 is 0 Å². The average molecular weight is 389 g/mol. The summed E-state index contributed by atoms with van der Waals surface area (Å²) in [5.41, 5.74) is 3.72. The predicted molar refractivity (Wildman–Crippen MR) is 114 cm³/mol. The highest BCUT2D eigenvalue weighted by Gasteiger charge is 2.15. The molecule has 0 aliphatic heterocycles. The molecule has 3 aromatic rings. The van der Waals surface area contributed by atoms with Crippen LogP contribution in [0.3, 0.4) is 0 Å². The quantitative estimate of drug-likeness (QED) is 0.652. The molecular formula is C23H23N3O3. The highest BCUT2D eigenvalue weighted by atomic mass is 16.5. The predicted octanol–water partition coefficient (Wildman–Crippen LogP) is 4.47. The number of aromatic nitrogens is 1. The Hall–Kier alpha value is -3.67. The van der Waals surface area contributed by atoms with Crippen molar-refractivity contribution in [2.45, 2.75) is 20.3 Å². The van der Waals surface area contributed by atoms with Crippen LogP contribution >= 0.6 is 0 Å². The van der Waals surface area contributed by atoms with Gasteiger partial charge in [-0.2, -0.15) is 0 Å². The van der Waals surface area contributed by atoms with E-state index in [4.69, 9.17) is 4.74 Å². The van der Waals surface area contributed by atoms with Crippen LogP contribution in [0.2, 0.25) is 0 Å². The number of benzene rings is 2. The van der Waals surface area contributed by atoms with Gasteiger partial charge in [-0.1, -0.05) is 37.3 Å². The van der Waals surface area contributed by atoms with Gasteiger partial charge in [0.1, 0.15) is 17.1 Å². The van der Waals surface area contributed by atoms with Gasteiger partial charge in [0.2, 0.25) is 0 Å². The fourth-order valence-corrected chi connectivity index (χ4v) is 2.96. The normalized spacial score (nSPS) is 10.3. The SMILES string of the molecule is CCc1cccc(C)c1NC(=O)c1cccc(C(=O)Nc2cccc(OC)c2)n1. The lowest BCUT2D eigenvalue weighted by molar-refractivity contribution is 0.101. The van der Waals surface area contributed by atoms with Crippen LogP contribution in [0.1, 0.15) is 39.0 Å². The highest BCUT2D eigenvalue weighted by Crippen LogP contribution is 2.22. The summed E-state index contributed by atoms with van der Waals surface area (Å²) in [4.78, 5) is 29.5. The minimum atomic E-state index is -0.405. The maximum atomic E-state index is 12.7.